The molecule has 2 aliphatic heterocycles. The van der Waals surface area contributed by atoms with Crippen LogP contribution < -0.4 is 16.2 Å². The van der Waals surface area contributed by atoms with Crippen LogP contribution in [0.4, 0.5) is 4.39 Å². The minimum Gasteiger partial charge on any atom is -0.376 e. The molecule has 8 nitrogen and oxygen atoms in total. The normalized spacial score (nSPS) is 20.9. The van der Waals surface area contributed by atoms with Gasteiger partial charge in [0.05, 0.1) is 6.10 Å². The molecule has 0 spiro atoms. The lowest BCUT2D eigenvalue weighted by atomic mass is 9.98. The van der Waals surface area contributed by atoms with Crippen LogP contribution in [-0.4, -0.2) is 56.1 Å². The summed E-state index contributed by atoms with van der Waals surface area (Å²) in [6.45, 7) is 1.63. The van der Waals surface area contributed by atoms with Gasteiger partial charge in [0.25, 0.3) is 0 Å². The van der Waals surface area contributed by atoms with Gasteiger partial charge < -0.3 is 10.1 Å². The molecule has 0 aromatic heterocycles. The van der Waals surface area contributed by atoms with Crippen molar-refractivity contribution in [3.05, 3.63) is 30.1 Å². The number of hydrazine groups is 1. The number of carbonyl (C=O) groups is 1. The summed E-state index contributed by atoms with van der Waals surface area (Å²) in [7, 11) is -3.91. The summed E-state index contributed by atoms with van der Waals surface area (Å²) >= 11 is 5.13. The van der Waals surface area contributed by atoms with Gasteiger partial charge in [-0.1, -0.05) is 12.1 Å². The van der Waals surface area contributed by atoms with Crippen molar-refractivity contribution >= 4 is 33.3 Å². The zero-order chi connectivity index (χ0) is 20.9. The zero-order valence-corrected chi connectivity index (χ0v) is 17.5. The van der Waals surface area contributed by atoms with Crippen molar-refractivity contribution in [2.45, 2.75) is 36.7 Å². The number of hydrogen-bond acceptors (Lipinski definition) is 5. The first-order valence-electron chi connectivity index (χ1n) is 9.58. The van der Waals surface area contributed by atoms with Crippen LogP contribution in [0.3, 0.4) is 0 Å². The number of nitrogens with zero attached hydrogens (tertiary/aromatic N) is 1. The number of ether oxygens (including phenoxy) is 1. The maximum absolute atomic E-state index is 13.9. The minimum atomic E-state index is -3.91. The lowest BCUT2D eigenvalue weighted by Crippen LogP contribution is -2.51. The molecular weight excluding hydrogens is 419 g/mol. The summed E-state index contributed by atoms with van der Waals surface area (Å²) < 4.78 is 45.8. The van der Waals surface area contributed by atoms with Gasteiger partial charge in [0.1, 0.15) is 10.7 Å². The Morgan fingerprint density at radius 1 is 1.21 bits per heavy atom. The average Bonchev–Trinajstić information content (AvgIpc) is 3.24. The molecule has 3 N–H and O–H groups in total. The molecule has 29 heavy (non-hydrogen) atoms. The number of hydrogen-bond donors (Lipinski definition) is 3. The van der Waals surface area contributed by atoms with Crippen LogP contribution in [0.2, 0.25) is 0 Å². The molecule has 2 heterocycles. The van der Waals surface area contributed by atoms with Gasteiger partial charge in [-0.15, -0.1) is 0 Å². The van der Waals surface area contributed by atoms with E-state index in [9.17, 15) is 17.6 Å². The van der Waals surface area contributed by atoms with Gasteiger partial charge in [0, 0.05) is 32.2 Å². The fraction of sp³-hybridized carbons (Fsp3) is 0.556. The molecular formula is C18H25FN4O4S2. The molecule has 0 radical (unpaired) electrons. The van der Waals surface area contributed by atoms with E-state index >= 15 is 0 Å². The molecule has 3 rings (SSSR count). The number of halogens is 1. The monoisotopic (exact) mass is 444 g/mol. The van der Waals surface area contributed by atoms with Crippen LogP contribution in [0.5, 0.6) is 0 Å². The van der Waals surface area contributed by atoms with Crippen molar-refractivity contribution in [2.24, 2.45) is 5.92 Å². The van der Waals surface area contributed by atoms with Gasteiger partial charge in [0.2, 0.25) is 15.9 Å². The number of sulfonamides is 1. The summed E-state index contributed by atoms with van der Waals surface area (Å²) in [5.74, 6) is -1.38. The highest BCUT2D eigenvalue weighted by atomic mass is 32.2. The Hall–Kier alpha value is -1.82. The first-order valence-corrected chi connectivity index (χ1v) is 11.4. The van der Waals surface area contributed by atoms with Gasteiger partial charge in [0.15, 0.2) is 5.11 Å². The van der Waals surface area contributed by atoms with Gasteiger partial charge in [-0.2, -0.15) is 4.31 Å². The van der Waals surface area contributed by atoms with Gasteiger partial charge >= 0.3 is 0 Å². The molecule has 0 saturated carbocycles. The van der Waals surface area contributed by atoms with E-state index in [1.54, 1.807) is 0 Å². The first-order chi connectivity index (χ1) is 13.9. The van der Waals surface area contributed by atoms with Crippen molar-refractivity contribution in [1.82, 2.24) is 20.5 Å². The molecule has 2 fully saturated rings. The second-order valence-electron chi connectivity index (χ2n) is 7.07. The van der Waals surface area contributed by atoms with Crippen molar-refractivity contribution in [2.75, 3.05) is 26.2 Å². The van der Waals surface area contributed by atoms with Crippen LogP contribution in [0.25, 0.3) is 0 Å². The fourth-order valence-corrected chi connectivity index (χ4v) is 5.10. The number of carbonyl (C=O) groups excluding carboxylic acids is 1. The van der Waals surface area contributed by atoms with E-state index in [0.29, 0.717) is 24.5 Å². The van der Waals surface area contributed by atoms with Crippen LogP contribution in [0, 0.1) is 11.7 Å². The lowest BCUT2D eigenvalue weighted by molar-refractivity contribution is -0.126. The summed E-state index contributed by atoms with van der Waals surface area (Å²) in [6.07, 6.45) is 2.84. The van der Waals surface area contributed by atoms with Crippen LogP contribution in [-0.2, 0) is 19.6 Å². The molecule has 2 saturated heterocycles. The van der Waals surface area contributed by atoms with Crippen LogP contribution >= 0.6 is 12.2 Å². The highest BCUT2D eigenvalue weighted by Crippen LogP contribution is 2.25. The number of benzene rings is 1. The molecule has 2 aliphatic rings. The van der Waals surface area contributed by atoms with Crippen molar-refractivity contribution in [1.29, 1.82) is 0 Å². The third-order valence-corrected chi connectivity index (χ3v) is 7.27. The summed E-state index contributed by atoms with van der Waals surface area (Å²) in [6, 6.07) is 5.29. The van der Waals surface area contributed by atoms with E-state index in [2.05, 4.69) is 16.2 Å². The Morgan fingerprint density at radius 3 is 2.59 bits per heavy atom. The van der Waals surface area contributed by atoms with Crippen molar-refractivity contribution < 1.29 is 22.3 Å². The number of nitrogens with one attached hydrogen (secondary N) is 3. The largest absolute Gasteiger partial charge is 0.376 e. The first kappa shape index (κ1) is 21.9. The molecule has 0 bridgehead atoms. The van der Waals surface area contributed by atoms with E-state index in [1.165, 1.54) is 22.5 Å². The standard InChI is InChI=1S/C18H25FN4O4S2/c19-15-5-1-2-6-16(15)29(25,26)23-9-7-13(8-10-23)17(24)21-22-18(28)20-12-14-4-3-11-27-14/h1-2,5-6,13-14H,3-4,7-12H2,(H,21,24)(H2,20,22,28). The van der Waals surface area contributed by atoms with E-state index in [4.69, 9.17) is 17.0 Å². The summed E-state index contributed by atoms with van der Waals surface area (Å²) in [5, 5.41) is 3.29. The minimum absolute atomic E-state index is 0.131. The summed E-state index contributed by atoms with van der Waals surface area (Å²) in [4.78, 5) is 12.0. The maximum Gasteiger partial charge on any atom is 0.245 e. The Balaban J connectivity index is 1.43. The quantitative estimate of drug-likeness (QED) is 0.458. The SMILES string of the molecule is O=C(NNC(=S)NCC1CCCO1)C1CCN(S(=O)(=O)c2ccccc2F)CC1. The van der Waals surface area contributed by atoms with Gasteiger partial charge in [-0.3, -0.25) is 15.6 Å². The Labute approximate surface area is 175 Å². The molecule has 160 valence electrons. The Bertz CT molecular complexity index is 838. The highest BCUT2D eigenvalue weighted by Gasteiger charge is 2.33. The smallest absolute Gasteiger partial charge is 0.245 e. The van der Waals surface area contributed by atoms with Crippen molar-refractivity contribution in [3.63, 3.8) is 0 Å². The van der Waals surface area contributed by atoms with E-state index in [0.717, 1.165) is 25.5 Å². The van der Waals surface area contributed by atoms with Gasteiger partial charge in [-0.05, 0) is 50.0 Å². The zero-order valence-electron chi connectivity index (χ0n) is 15.9. The topological polar surface area (TPSA) is 99.8 Å². The maximum atomic E-state index is 13.9. The number of piperidine rings is 1. The Kier molecular flexibility index (Phi) is 7.38. The highest BCUT2D eigenvalue weighted by molar-refractivity contribution is 7.89. The molecule has 0 aliphatic carbocycles. The van der Waals surface area contributed by atoms with Crippen LogP contribution in [0.1, 0.15) is 25.7 Å². The third-order valence-electron chi connectivity index (χ3n) is 5.09. The van der Waals surface area contributed by atoms with E-state index in [1.807, 2.05) is 0 Å². The number of rotatable bonds is 5. The lowest BCUT2D eigenvalue weighted by Gasteiger charge is -2.30. The Morgan fingerprint density at radius 2 is 1.93 bits per heavy atom. The molecule has 1 atom stereocenters. The molecule has 1 unspecified atom stereocenters. The van der Waals surface area contributed by atoms with Crippen molar-refractivity contribution in [3.8, 4) is 0 Å². The molecule has 1 aromatic rings. The number of amides is 1. The van der Waals surface area contributed by atoms with Crippen LogP contribution in [0.15, 0.2) is 29.2 Å². The predicted molar refractivity (Wildman–Crippen MR) is 109 cm³/mol. The third kappa shape index (κ3) is 5.62. The van der Waals surface area contributed by atoms with E-state index in [-0.39, 0.29) is 35.9 Å². The fourth-order valence-electron chi connectivity index (χ4n) is 3.43. The molecule has 1 aromatic carbocycles. The summed E-state index contributed by atoms with van der Waals surface area (Å²) in [5.41, 5.74) is 5.22. The average molecular weight is 445 g/mol. The number of thiocarbonyl (C=S) groups is 1. The second-order valence-corrected chi connectivity index (χ2v) is 9.38. The van der Waals surface area contributed by atoms with Gasteiger partial charge in [-0.25, -0.2) is 12.8 Å². The molecule has 11 heteroatoms. The predicted octanol–water partition coefficient (Wildman–Crippen LogP) is 0.901. The second kappa shape index (κ2) is 9.79. The molecule has 1 amide bonds. The van der Waals surface area contributed by atoms with E-state index < -0.39 is 15.8 Å².